The van der Waals surface area contributed by atoms with Crippen LogP contribution >= 0.6 is 11.6 Å². The Bertz CT molecular complexity index is 695. The molecule has 21 heavy (non-hydrogen) atoms. The van der Waals surface area contributed by atoms with Crippen molar-refractivity contribution in [3.63, 3.8) is 0 Å². The number of likely N-dealkylation sites (tertiary alicyclic amines) is 1. The Kier molecular flexibility index (Phi) is 3.93. The highest BCUT2D eigenvalue weighted by Gasteiger charge is 2.36. The van der Waals surface area contributed by atoms with Crippen LogP contribution in [0.3, 0.4) is 0 Å². The van der Waals surface area contributed by atoms with Gasteiger partial charge in [-0.2, -0.15) is 5.26 Å². The summed E-state index contributed by atoms with van der Waals surface area (Å²) in [5.74, 6) is 0. The normalized spacial score (nSPS) is 23.1. The number of sulfonamides is 1. The van der Waals surface area contributed by atoms with Gasteiger partial charge in [0, 0.05) is 25.2 Å². The molecule has 0 bridgehead atoms. The van der Waals surface area contributed by atoms with E-state index in [-0.39, 0.29) is 16.0 Å². The van der Waals surface area contributed by atoms with Crippen LogP contribution in [0.25, 0.3) is 0 Å². The van der Waals surface area contributed by atoms with Gasteiger partial charge in [0.15, 0.2) is 0 Å². The Balaban J connectivity index is 1.73. The van der Waals surface area contributed by atoms with Crippen molar-refractivity contribution in [1.29, 1.82) is 5.26 Å². The molecule has 1 N–H and O–H groups in total. The first-order chi connectivity index (χ1) is 9.99. The molecule has 1 aromatic rings. The fraction of sp³-hybridized carbons (Fsp3) is 0.500. The van der Waals surface area contributed by atoms with E-state index in [1.54, 1.807) is 0 Å². The highest BCUT2D eigenvalue weighted by atomic mass is 35.5. The Morgan fingerprint density at radius 3 is 2.71 bits per heavy atom. The first kappa shape index (κ1) is 14.8. The van der Waals surface area contributed by atoms with Gasteiger partial charge in [-0.15, -0.1) is 0 Å². The van der Waals surface area contributed by atoms with Crippen LogP contribution in [0.4, 0.5) is 0 Å². The van der Waals surface area contributed by atoms with Gasteiger partial charge >= 0.3 is 0 Å². The third-order valence-corrected chi connectivity index (χ3v) is 5.96. The van der Waals surface area contributed by atoms with E-state index >= 15 is 0 Å². The summed E-state index contributed by atoms with van der Waals surface area (Å²) in [4.78, 5) is 2.38. The van der Waals surface area contributed by atoms with Crippen LogP contribution in [-0.2, 0) is 10.0 Å². The van der Waals surface area contributed by atoms with Crippen molar-refractivity contribution in [1.82, 2.24) is 9.62 Å². The molecule has 1 aromatic carbocycles. The monoisotopic (exact) mass is 325 g/mol. The second-order valence-corrected chi connectivity index (χ2v) is 7.68. The Labute approximate surface area is 129 Å². The van der Waals surface area contributed by atoms with E-state index in [4.69, 9.17) is 16.9 Å². The molecule has 0 aromatic heterocycles. The molecule has 0 spiro atoms. The molecule has 1 heterocycles. The molecule has 0 amide bonds. The van der Waals surface area contributed by atoms with E-state index < -0.39 is 10.0 Å². The van der Waals surface area contributed by atoms with Crippen LogP contribution in [-0.4, -0.2) is 38.5 Å². The van der Waals surface area contributed by atoms with Crippen molar-refractivity contribution in [2.45, 2.75) is 36.2 Å². The van der Waals surface area contributed by atoms with Crippen LogP contribution in [0.1, 0.15) is 24.8 Å². The van der Waals surface area contributed by atoms with E-state index in [2.05, 4.69) is 9.62 Å². The summed E-state index contributed by atoms with van der Waals surface area (Å²) in [7, 11) is -3.65. The van der Waals surface area contributed by atoms with Gasteiger partial charge in [-0.3, -0.25) is 4.90 Å². The smallest absolute Gasteiger partial charge is 0.242 e. The van der Waals surface area contributed by atoms with E-state index in [0.29, 0.717) is 11.6 Å². The summed E-state index contributed by atoms with van der Waals surface area (Å²) >= 11 is 5.99. The molecule has 2 aliphatic rings. The minimum absolute atomic E-state index is 0.0352. The lowest BCUT2D eigenvalue weighted by molar-refractivity contribution is 0.322. The molecule has 1 aliphatic carbocycles. The van der Waals surface area contributed by atoms with Gasteiger partial charge in [0.05, 0.1) is 16.7 Å². The largest absolute Gasteiger partial charge is 0.299 e. The third-order valence-electron chi connectivity index (χ3n) is 3.96. The third kappa shape index (κ3) is 3.22. The van der Waals surface area contributed by atoms with Gasteiger partial charge in [-0.05, 0) is 37.5 Å². The summed E-state index contributed by atoms with van der Waals surface area (Å²) in [6.45, 7) is 1.71. The standard InChI is InChI=1S/C14H16ClN3O2S/c15-13-7-10(8-16)1-4-14(13)21(19,20)17-11-5-6-18(9-11)12-2-3-12/h1,4,7,11-12,17H,2-3,5-6,9H2. The average Bonchev–Trinajstić information content (AvgIpc) is 3.19. The molecule has 2 fully saturated rings. The zero-order chi connectivity index (χ0) is 15.0. The predicted molar refractivity (Wildman–Crippen MR) is 79.5 cm³/mol. The van der Waals surface area contributed by atoms with Crippen LogP contribution in [0.5, 0.6) is 0 Å². The summed E-state index contributed by atoms with van der Waals surface area (Å²) < 4.78 is 27.5. The van der Waals surface area contributed by atoms with Gasteiger partial charge in [0.1, 0.15) is 4.90 Å². The topological polar surface area (TPSA) is 73.2 Å². The maximum Gasteiger partial charge on any atom is 0.242 e. The Morgan fingerprint density at radius 2 is 2.10 bits per heavy atom. The number of nitrogens with one attached hydrogen (secondary N) is 1. The van der Waals surface area contributed by atoms with Gasteiger partial charge in [0.25, 0.3) is 0 Å². The molecule has 1 aliphatic heterocycles. The quantitative estimate of drug-likeness (QED) is 0.915. The lowest BCUT2D eigenvalue weighted by Crippen LogP contribution is -2.37. The highest BCUT2D eigenvalue weighted by molar-refractivity contribution is 7.89. The molecule has 1 saturated heterocycles. The van der Waals surface area contributed by atoms with E-state index in [9.17, 15) is 8.42 Å². The molecule has 1 atom stereocenters. The molecule has 7 heteroatoms. The molecular weight excluding hydrogens is 310 g/mol. The molecule has 112 valence electrons. The number of rotatable bonds is 4. The summed E-state index contributed by atoms with van der Waals surface area (Å²) in [5, 5.41) is 8.88. The number of nitriles is 1. The predicted octanol–water partition coefficient (Wildman–Crippen LogP) is 1.73. The molecule has 3 rings (SSSR count). The molecule has 5 nitrogen and oxygen atoms in total. The number of halogens is 1. The first-order valence-corrected chi connectivity index (χ1v) is 8.82. The summed E-state index contributed by atoms with van der Waals surface area (Å²) in [5.41, 5.74) is 0.347. The Morgan fingerprint density at radius 1 is 1.33 bits per heavy atom. The van der Waals surface area contributed by atoms with E-state index in [1.807, 2.05) is 6.07 Å². The van der Waals surface area contributed by atoms with E-state index in [0.717, 1.165) is 19.5 Å². The maximum absolute atomic E-state index is 12.4. The number of benzene rings is 1. The molecule has 0 radical (unpaired) electrons. The molecule has 1 unspecified atom stereocenters. The fourth-order valence-electron chi connectivity index (χ4n) is 2.73. The minimum Gasteiger partial charge on any atom is -0.299 e. The lowest BCUT2D eigenvalue weighted by atomic mass is 10.2. The number of nitrogens with zero attached hydrogens (tertiary/aromatic N) is 2. The van der Waals surface area contributed by atoms with Crippen molar-refractivity contribution in [3.8, 4) is 6.07 Å². The summed E-state index contributed by atoms with van der Waals surface area (Å²) in [6, 6.07) is 6.75. The number of hydrogen-bond donors (Lipinski definition) is 1. The van der Waals surface area contributed by atoms with Crippen LogP contribution < -0.4 is 4.72 Å². The average molecular weight is 326 g/mol. The van der Waals surface area contributed by atoms with Crippen LogP contribution in [0.2, 0.25) is 5.02 Å². The van der Waals surface area contributed by atoms with Crippen molar-refractivity contribution in [3.05, 3.63) is 28.8 Å². The van der Waals surface area contributed by atoms with Crippen molar-refractivity contribution in [2.24, 2.45) is 0 Å². The second-order valence-electron chi connectivity index (χ2n) is 5.59. The Hall–Kier alpha value is -1.13. The molecule has 1 saturated carbocycles. The second kappa shape index (κ2) is 5.58. The lowest BCUT2D eigenvalue weighted by Gasteiger charge is -2.16. The zero-order valence-electron chi connectivity index (χ0n) is 11.4. The SMILES string of the molecule is N#Cc1ccc(S(=O)(=O)NC2CCN(C3CC3)C2)c(Cl)c1. The van der Waals surface area contributed by atoms with Gasteiger partial charge in [-0.1, -0.05) is 11.6 Å². The van der Waals surface area contributed by atoms with Crippen molar-refractivity contribution < 1.29 is 8.42 Å². The van der Waals surface area contributed by atoms with Crippen LogP contribution in [0.15, 0.2) is 23.1 Å². The minimum atomic E-state index is -3.65. The summed E-state index contributed by atoms with van der Waals surface area (Å²) in [6.07, 6.45) is 3.27. The van der Waals surface area contributed by atoms with Gasteiger partial charge in [0.2, 0.25) is 10.0 Å². The fourth-order valence-corrected chi connectivity index (χ4v) is 4.53. The van der Waals surface area contributed by atoms with Crippen molar-refractivity contribution >= 4 is 21.6 Å². The van der Waals surface area contributed by atoms with Crippen molar-refractivity contribution in [2.75, 3.05) is 13.1 Å². The zero-order valence-corrected chi connectivity index (χ0v) is 13.0. The highest BCUT2D eigenvalue weighted by Crippen LogP contribution is 2.30. The maximum atomic E-state index is 12.4. The van der Waals surface area contributed by atoms with Gasteiger partial charge in [-0.25, -0.2) is 13.1 Å². The van der Waals surface area contributed by atoms with E-state index in [1.165, 1.54) is 31.0 Å². The van der Waals surface area contributed by atoms with Gasteiger partial charge < -0.3 is 0 Å². The first-order valence-electron chi connectivity index (χ1n) is 6.95. The molecular formula is C14H16ClN3O2S. The number of hydrogen-bond acceptors (Lipinski definition) is 4. The van der Waals surface area contributed by atoms with Crippen LogP contribution in [0, 0.1) is 11.3 Å².